The van der Waals surface area contributed by atoms with Gasteiger partial charge in [0, 0.05) is 39.8 Å². The Labute approximate surface area is 243 Å². The van der Waals surface area contributed by atoms with Crippen molar-refractivity contribution >= 4 is 50.2 Å². The molecule has 0 aliphatic carbocycles. The van der Waals surface area contributed by atoms with Gasteiger partial charge in [-0.15, -0.1) is 0 Å². The number of aryl methyl sites for hydroxylation is 1. The van der Waals surface area contributed by atoms with Gasteiger partial charge in [0.1, 0.15) is 5.69 Å². The zero-order valence-electron chi connectivity index (χ0n) is 22.0. The van der Waals surface area contributed by atoms with Crippen LogP contribution in [-0.2, 0) is 13.0 Å². The molecular formula is C29H25BrClN7O2. The number of benzene rings is 2. The number of pyridine rings is 1. The summed E-state index contributed by atoms with van der Waals surface area (Å²) < 4.78 is 2.33. The van der Waals surface area contributed by atoms with E-state index in [1.54, 1.807) is 27.7 Å². The van der Waals surface area contributed by atoms with Crippen molar-refractivity contribution in [2.24, 2.45) is 0 Å². The summed E-state index contributed by atoms with van der Waals surface area (Å²) in [6.45, 7) is 4.03. The number of amides is 1. The zero-order valence-corrected chi connectivity index (χ0v) is 24.3. The van der Waals surface area contributed by atoms with E-state index in [0.717, 1.165) is 26.9 Å². The van der Waals surface area contributed by atoms with Crippen LogP contribution < -0.4 is 10.9 Å². The van der Waals surface area contributed by atoms with Crippen LogP contribution in [0.1, 0.15) is 34.2 Å². The summed E-state index contributed by atoms with van der Waals surface area (Å²) in [7, 11) is 1.81. The van der Waals surface area contributed by atoms with Gasteiger partial charge in [-0.2, -0.15) is 5.10 Å². The molecule has 0 saturated carbocycles. The lowest BCUT2D eigenvalue weighted by Crippen LogP contribution is -2.46. The Kier molecular flexibility index (Phi) is 6.67. The number of fused-ring (bicyclic) bond motifs is 2. The molecule has 1 unspecified atom stereocenters. The van der Waals surface area contributed by atoms with Crippen molar-refractivity contribution in [1.82, 2.24) is 29.6 Å². The fourth-order valence-corrected chi connectivity index (χ4v) is 5.57. The number of anilines is 1. The van der Waals surface area contributed by atoms with Gasteiger partial charge in [-0.05, 0) is 84.7 Å². The van der Waals surface area contributed by atoms with Gasteiger partial charge in [-0.3, -0.25) is 19.3 Å². The van der Waals surface area contributed by atoms with Gasteiger partial charge in [0.05, 0.1) is 28.5 Å². The van der Waals surface area contributed by atoms with E-state index in [0.29, 0.717) is 45.5 Å². The lowest BCUT2D eigenvalue weighted by Gasteiger charge is -2.34. The first kappa shape index (κ1) is 26.2. The Morgan fingerprint density at radius 1 is 1.15 bits per heavy atom. The van der Waals surface area contributed by atoms with E-state index in [4.69, 9.17) is 16.6 Å². The second-order valence-electron chi connectivity index (χ2n) is 9.83. The Bertz CT molecular complexity index is 1870. The molecule has 2 aromatic carbocycles. The summed E-state index contributed by atoms with van der Waals surface area (Å²) in [4.78, 5) is 39.1. The molecule has 4 heterocycles. The fraction of sp³-hybridized carbons (Fsp3) is 0.207. The van der Waals surface area contributed by atoms with Gasteiger partial charge < -0.3 is 10.2 Å². The third-order valence-electron chi connectivity index (χ3n) is 7.20. The Morgan fingerprint density at radius 3 is 2.73 bits per heavy atom. The highest BCUT2D eigenvalue weighted by Crippen LogP contribution is 2.29. The average Bonchev–Trinajstić information content (AvgIpc) is 3.36. The molecule has 0 bridgehead atoms. The lowest BCUT2D eigenvalue weighted by atomic mass is 9.98. The first-order valence-electron chi connectivity index (χ1n) is 12.8. The molecule has 1 aliphatic rings. The van der Waals surface area contributed by atoms with Gasteiger partial charge >= 0.3 is 0 Å². The minimum Gasteiger partial charge on any atom is -0.371 e. The molecule has 9 nitrogen and oxygen atoms in total. The number of halogens is 2. The van der Waals surface area contributed by atoms with Crippen LogP contribution in [0.4, 0.5) is 5.82 Å². The van der Waals surface area contributed by atoms with Gasteiger partial charge in [-0.25, -0.2) is 9.97 Å². The van der Waals surface area contributed by atoms with Crippen molar-refractivity contribution in [1.29, 1.82) is 0 Å². The van der Waals surface area contributed by atoms with Crippen molar-refractivity contribution in [2.45, 2.75) is 32.9 Å². The first-order valence-corrected chi connectivity index (χ1v) is 13.9. The molecule has 1 atom stereocenters. The van der Waals surface area contributed by atoms with Crippen LogP contribution in [0.25, 0.3) is 28.1 Å². The first-order chi connectivity index (χ1) is 19.2. The number of aromatic amines is 1. The van der Waals surface area contributed by atoms with E-state index in [1.165, 1.54) is 0 Å². The highest BCUT2D eigenvalue weighted by molar-refractivity contribution is 9.10. The van der Waals surface area contributed by atoms with Crippen molar-refractivity contribution < 1.29 is 4.79 Å². The minimum absolute atomic E-state index is 0.168. The quantitative estimate of drug-likeness (QED) is 0.275. The van der Waals surface area contributed by atoms with Gasteiger partial charge in [0.25, 0.3) is 11.5 Å². The summed E-state index contributed by atoms with van der Waals surface area (Å²) in [5, 5.41) is 11.8. The molecule has 0 radical (unpaired) electrons. The number of aromatic nitrogens is 5. The predicted molar refractivity (Wildman–Crippen MR) is 159 cm³/mol. The van der Waals surface area contributed by atoms with Crippen LogP contribution in [0.5, 0.6) is 0 Å². The third kappa shape index (κ3) is 4.47. The van der Waals surface area contributed by atoms with Gasteiger partial charge in [-0.1, -0.05) is 17.7 Å². The standard InChI is InChI=1S/C29H25BrClN7O2/c1-15-5-4-6-23(33-15)27-34-25-14-37(28(39)17-7-10-21(30)22(31)12-17)16(2)11-20(25)29(40)38(27)18-8-9-19-24(13-18)35-36-26(19)32-3/h4-10,12-13,16H,11,14H2,1-3H3,(H2,32,35,36). The number of carbonyl (C=O) groups excluding carboxylic acids is 1. The molecule has 202 valence electrons. The molecule has 11 heteroatoms. The Hall–Kier alpha value is -4.02. The van der Waals surface area contributed by atoms with E-state index >= 15 is 0 Å². The number of rotatable bonds is 4. The van der Waals surface area contributed by atoms with Crippen LogP contribution in [0.2, 0.25) is 5.02 Å². The summed E-state index contributed by atoms with van der Waals surface area (Å²) in [5.41, 5.74) is 4.25. The second-order valence-corrected chi connectivity index (χ2v) is 11.1. The molecule has 5 aromatic rings. The van der Waals surface area contributed by atoms with Gasteiger partial charge in [0.15, 0.2) is 11.6 Å². The fourth-order valence-electron chi connectivity index (χ4n) is 5.14. The number of H-pyrrole nitrogens is 1. The van der Waals surface area contributed by atoms with E-state index in [1.807, 2.05) is 57.3 Å². The molecule has 0 fully saturated rings. The van der Waals surface area contributed by atoms with Crippen LogP contribution in [0, 0.1) is 6.92 Å². The van der Waals surface area contributed by atoms with Crippen LogP contribution >= 0.6 is 27.5 Å². The van der Waals surface area contributed by atoms with Crippen LogP contribution in [-0.4, -0.2) is 48.6 Å². The summed E-state index contributed by atoms with van der Waals surface area (Å²) in [6.07, 6.45) is 0.370. The molecule has 0 spiro atoms. The third-order valence-corrected chi connectivity index (χ3v) is 8.43. The predicted octanol–water partition coefficient (Wildman–Crippen LogP) is 5.52. The smallest absolute Gasteiger partial charge is 0.261 e. The molecule has 1 aliphatic heterocycles. The molecule has 3 aromatic heterocycles. The second kappa shape index (κ2) is 10.2. The highest BCUT2D eigenvalue weighted by atomic mass is 79.9. The molecule has 40 heavy (non-hydrogen) atoms. The monoisotopic (exact) mass is 617 g/mol. The molecule has 0 saturated heterocycles. The summed E-state index contributed by atoms with van der Waals surface area (Å²) >= 11 is 9.64. The summed E-state index contributed by atoms with van der Waals surface area (Å²) in [5.74, 6) is 0.969. The molecule has 1 amide bonds. The van der Waals surface area contributed by atoms with Crippen molar-refractivity contribution in [3.63, 3.8) is 0 Å². The van der Waals surface area contributed by atoms with Crippen molar-refractivity contribution in [3.8, 4) is 17.2 Å². The SMILES string of the molecule is CNc1n[nH]c2cc(-n3c(-c4cccc(C)n4)nc4c(c3=O)CC(C)N(C(=O)c3ccc(Br)c(Cl)c3)C4)ccc12. The number of hydrogen-bond donors (Lipinski definition) is 2. The van der Waals surface area contributed by atoms with Crippen molar-refractivity contribution in [3.05, 3.63) is 97.0 Å². The number of carbonyl (C=O) groups is 1. The molecule has 6 rings (SSSR count). The Balaban J connectivity index is 1.50. The van der Waals surface area contributed by atoms with Crippen LogP contribution in [0.3, 0.4) is 0 Å². The topological polar surface area (TPSA) is 109 Å². The summed E-state index contributed by atoms with van der Waals surface area (Å²) in [6, 6.07) is 16.2. The maximum absolute atomic E-state index is 14.2. The lowest BCUT2D eigenvalue weighted by molar-refractivity contribution is 0.0653. The molecular weight excluding hydrogens is 594 g/mol. The number of nitrogens with zero attached hydrogens (tertiary/aromatic N) is 5. The number of nitrogens with one attached hydrogen (secondary N) is 2. The Morgan fingerprint density at radius 2 is 1.98 bits per heavy atom. The normalized spacial score (nSPS) is 14.8. The van der Waals surface area contributed by atoms with E-state index in [9.17, 15) is 9.59 Å². The highest BCUT2D eigenvalue weighted by Gasteiger charge is 2.32. The number of hydrogen-bond acceptors (Lipinski definition) is 6. The average molecular weight is 619 g/mol. The van der Waals surface area contributed by atoms with E-state index in [-0.39, 0.29) is 24.1 Å². The van der Waals surface area contributed by atoms with E-state index < -0.39 is 0 Å². The van der Waals surface area contributed by atoms with Gasteiger partial charge in [0.2, 0.25) is 0 Å². The zero-order chi connectivity index (χ0) is 28.1. The maximum atomic E-state index is 14.2. The minimum atomic E-state index is -0.221. The maximum Gasteiger partial charge on any atom is 0.261 e. The van der Waals surface area contributed by atoms with E-state index in [2.05, 4.69) is 36.4 Å². The van der Waals surface area contributed by atoms with Crippen molar-refractivity contribution in [2.75, 3.05) is 12.4 Å². The largest absolute Gasteiger partial charge is 0.371 e. The van der Waals surface area contributed by atoms with Crippen LogP contribution in [0.15, 0.2) is 63.9 Å². The molecule has 2 N–H and O–H groups in total.